The molecule has 1 aromatic carbocycles. The first-order chi connectivity index (χ1) is 10.0. The van der Waals surface area contributed by atoms with Crippen molar-refractivity contribution in [3.63, 3.8) is 0 Å². The number of aromatic carboxylic acids is 1. The van der Waals surface area contributed by atoms with Crippen molar-refractivity contribution in [3.05, 3.63) is 52.2 Å². The van der Waals surface area contributed by atoms with Crippen LogP contribution >= 0.6 is 11.3 Å². The van der Waals surface area contributed by atoms with Crippen LogP contribution in [0, 0.1) is 0 Å². The number of nitrogens with zero attached hydrogens (tertiary/aromatic N) is 1. The van der Waals surface area contributed by atoms with E-state index < -0.39 is 5.97 Å². The van der Waals surface area contributed by atoms with Crippen LogP contribution < -0.4 is 5.32 Å². The number of para-hydroxylation sites is 1. The molecule has 0 radical (unpaired) electrons. The van der Waals surface area contributed by atoms with Crippen molar-refractivity contribution in [1.29, 1.82) is 0 Å². The summed E-state index contributed by atoms with van der Waals surface area (Å²) in [4.78, 5) is 26.0. The second kappa shape index (κ2) is 6.41. The van der Waals surface area contributed by atoms with Gasteiger partial charge in [-0.15, -0.1) is 11.3 Å². The second-order valence-corrected chi connectivity index (χ2v) is 5.56. The summed E-state index contributed by atoms with van der Waals surface area (Å²) in [6.45, 7) is 1.93. The van der Waals surface area contributed by atoms with E-state index in [1.165, 1.54) is 6.07 Å². The smallest absolute Gasteiger partial charge is 0.337 e. The molecule has 2 N–H and O–H groups in total. The summed E-state index contributed by atoms with van der Waals surface area (Å²) in [6, 6.07) is 9.81. The van der Waals surface area contributed by atoms with E-state index in [9.17, 15) is 9.59 Å². The van der Waals surface area contributed by atoms with Crippen molar-refractivity contribution >= 4 is 29.0 Å². The number of carboxylic acids is 1. The highest BCUT2D eigenvalue weighted by atomic mass is 32.1. The Balaban J connectivity index is 2.13. The fourth-order valence-corrected chi connectivity index (χ4v) is 2.70. The molecule has 6 heteroatoms. The minimum Gasteiger partial charge on any atom is -0.478 e. The predicted molar refractivity (Wildman–Crippen MR) is 82.9 cm³/mol. The van der Waals surface area contributed by atoms with Crippen molar-refractivity contribution in [2.24, 2.45) is 0 Å². The number of hydrogen-bond acceptors (Lipinski definition) is 3. The van der Waals surface area contributed by atoms with E-state index in [4.69, 9.17) is 5.11 Å². The van der Waals surface area contributed by atoms with Gasteiger partial charge in [0, 0.05) is 11.9 Å². The lowest BCUT2D eigenvalue weighted by atomic mass is 10.2. The van der Waals surface area contributed by atoms with Crippen LogP contribution in [-0.2, 0) is 0 Å². The monoisotopic (exact) mass is 304 g/mol. The molecule has 0 aliphatic carbocycles. The van der Waals surface area contributed by atoms with E-state index in [-0.39, 0.29) is 17.6 Å². The van der Waals surface area contributed by atoms with Gasteiger partial charge in [-0.25, -0.2) is 9.59 Å². The summed E-state index contributed by atoms with van der Waals surface area (Å²) in [6.07, 6.45) is 0. The van der Waals surface area contributed by atoms with Gasteiger partial charge in [-0.1, -0.05) is 18.2 Å². The number of thiophene rings is 1. The summed E-state index contributed by atoms with van der Waals surface area (Å²) in [7, 11) is 1.68. The van der Waals surface area contributed by atoms with E-state index in [2.05, 4.69) is 5.32 Å². The Kier molecular flexibility index (Phi) is 4.59. The summed E-state index contributed by atoms with van der Waals surface area (Å²) in [5, 5.41) is 13.7. The van der Waals surface area contributed by atoms with Gasteiger partial charge >= 0.3 is 12.0 Å². The Morgan fingerprint density at radius 2 is 1.95 bits per heavy atom. The third-order valence-electron chi connectivity index (χ3n) is 3.26. The number of carbonyl (C=O) groups is 2. The molecule has 0 bridgehead atoms. The average Bonchev–Trinajstić information content (AvgIpc) is 3.00. The molecule has 0 saturated heterocycles. The topological polar surface area (TPSA) is 69.6 Å². The molecule has 1 heterocycles. The predicted octanol–water partition coefficient (Wildman–Crippen LogP) is 3.67. The molecule has 110 valence electrons. The summed E-state index contributed by atoms with van der Waals surface area (Å²) < 4.78 is 0. The molecular formula is C15H16N2O3S. The van der Waals surface area contributed by atoms with Gasteiger partial charge in [0.15, 0.2) is 0 Å². The lowest BCUT2D eigenvalue weighted by Gasteiger charge is -2.24. The number of nitrogens with one attached hydrogen (secondary N) is 1. The largest absolute Gasteiger partial charge is 0.478 e. The second-order valence-electron chi connectivity index (χ2n) is 4.58. The van der Waals surface area contributed by atoms with Crippen LogP contribution in [-0.4, -0.2) is 29.1 Å². The number of rotatable bonds is 4. The zero-order chi connectivity index (χ0) is 15.4. The minimum absolute atomic E-state index is 0.0722. The number of hydrogen-bond donors (Lipinski definition) is 2. The van der Waals surface area contributed by atoms with Crippen LogP contribution in [0.4, 0.5) is 10.5 Å². The lowest BCUT2D eigenvalue weighted by molar-refractivity contribution is 0.0698. The van der Waals surface area contributed by atoms with Gasteiger partial charge in [-0.05, 0) is 30.5 Å². The maximum Gasteiger partial charge on any atom is 0.337 e. The molecule has 21 heavy (non-hydrogen) atoms. The van der Waals surface area contributed by atoms with Gasteiger partial charge in [-0.3, -0.25) is 0 Å². The molecule has 0 aliphatic rings. The zero-order valence-electron chi connectivity index (χ0n) is 11.7. The first kappa shape index (κ1) is 15.1. The quantitative estimate of drug-likeness (QED) is 0.905. The van der Waals surface area contributed by atoms with Crippen LogP contribution in [0.15, 0.2) is 41.8 Å². The fourth-order valence-electron chi connectivity index (χ4n) is 1.88. The van der Waals surface area contributed by atoms with E-state index in [1.54, 1.807) is 41.5 Å². The molecule has 2 amide bonds. The number of amides is 2. The normalized spacial score (nSPS) is 11.7. The average molecular weight is 304 g/mol. The molecule has 5 nitrogen and oxygen atoms in total. The third-order valence-corrected chi connectivity index (χ3v) is 4.30. The third kappa shape index (κ3) is 3.41. The minimum atomic E-state index is -1.07. The molecule has 0 saturated carbocycles. The Morgan fingerprint density at radius 1 is 1.24 bits per heavy atom. The summed E-state index contributed by atoms with van der Waals surface area (Å²) >= 11 is 1.58. The van der Waals surface area contributed by atoms with Gasteiger partial charge in [0.1, 0.15) is 0 Å². The van der Waals surface area contributed by atoms with E-state index in [0.29, 0.717) is 5.69 Å². The highest BCUT2D eigenvalue weighted by Gasteiger charge is 2.19. The van der Waals surface area contributed by atoms with Crippen molar-refractivity contribution < 1.29 is 14.7 Å². The van der Waals surface area contributed by atoms with Crippen LogP contribution in [0.25, 0.3) is 0 Å². The van der Waals surface area contributed by atoms with Gasteiger partial charge in [-0.2, -0.15) is 0 Å². The molecule has 0 fully saturated rings. The number of anilines is 1. The molecular weight excluding hydrogens is 288 g/mol. The van der Waals surface area contributed by atoms with Crippen molar-refractivity contribution in [3.8, 4) is 0 Å². The van der Waals surface area contributed by atoms with Gasteiger partial charge in [0.25, 0.3) is 0 Å². The van der Waals surface area contributed by atoms with Crippen molar-refractivity contribution in [2.45, 2.75) is 13.0 Å². The molecule has 1 aromatic heterocycles. The zero-order valence-corrected chi connectivity index (χ0v) is 12.6. The summed E-state index contributed by atoms with van der Waals surface area (Å²) in [5.41, 5.74) is 0.364. The highest BCUT2D eigenvalue weighted by molar-refractivity contribution is 7.10. The number of carboxylic acid groups (broad SMARTS) is 1. The number of urea groups is 1. The van der Waals surface area contributed by atoms with Gasteiger partial charge in [0.2, 0.25) is 0 Å². The van der Waals surface area contributed by atoms with Crippen molar-refractivity contribution in [2.75, 3.05) is 12.4 Å². The van der Waals surface area contributed by atoms with Crippen LogP contribution in [0.1, 0.15) is 28.2 Å². The first-order valence-electron chi connectivity index (χ1n) is 6.40. The molecule has 2 rings (SSSR count). The Morgan fingerprint density at radius 3 is 2.57 bits per heavy atom. The Hall–Kier alpha value is -2.34. The van der Waals surface area contributed by atoms with Gasteiger partial charge < -0.3 is 15.3 Å². The SMILES string of the molecule is CC(c1cccs1)N(C)C(=O)Nc1ccccc1C(=O)O. The first-order valence-corrected chi connectivity index (χ1v) is 7.28. The maximum absolute atomic E-state index is 12.3. The van der Waals surface area contributed by atoms with E-state index >= 15 is 0 Å². The fraction of sp³-hybridized carbons (Fsp3) is 0.200. The molecule has 0 spiro atoms. The molecule has 2 aromatic rings. The van der Waals surface area contributed by atoms with Crippen LogP contribution in [0.2, 0.25) is 0 Å². The van der Waals surface area contributed by atoms with Crippen LogP contribution in [0.5, 0.6) is 0 Å². The van der Waals surface area contributed by atoms with E-state index in [0.717, 1.165) is 4.88 Å². The van der Waals surface area contributed by atoms with Gasteiger partial charge in [0.05, 0.1) is 17.3 Å². The molecule has 0 aliphatic heterocycles. The Bertz CT molecular complexity index is 640. The summed E-state index contributed by atoms with van der Waals surface area (Å²) in [5.74, 6) is -1.07. The lowest BCUT2D eigenvalue weighted by Crippen LogP contribution is -2.33. The molecule has 1 unspecified atom stereocenters. The standard InChI is InChI=1S/C15H16N2O3S/c1-10(13-8-5-9-21-13)17(2)15(20)16-12-7-4-3-6-11(12)14(18)19/h3-10H,1-2H3,(H,16,20)(H,18,19). The van der Waals surface area contributed by atoms with E-state index in [1.807, 2.05) is 24.4 Å². The van der Waals surface area contributed by atoms with Crippen molar-refractivity contribution in [1.82, 2.24) is 4.90 Å². The highest BCUT2D eigenvalue weighted by Crippen LogP contribution is 2.24. The van der Waals surface area contributed by atoms with Crippen LogP contribution in [0.3, 0.4) is 0 Å². The molecule has 1 atom stereocenters. The Labute approximate surface area is 126 Å². The maximum atomic E-state index is 12.3. The number of carbonyl (C=O) groups excluding carboxylic acids is 1. The number of benzene rings is 1.